The molecule has 0 radical (unpaired) electrons. The second-order valence-electron chi connectivity index (χ2n) is 15.5. The van der Waals surface area contributed by atoms with Crippen LogP contribution in [0.1, 0.15) is 22.3 Å². The first-order valence-electron chi connectivity index (χ1n) is 20.3. The number of benzene rings is 8. The monoisotopic (exact) mass is 765 g/mol. The fourth-order valence-corrected chi connectivity index (χ4v) is 9.62. The molecule has 60 heavy (non-hydrogen) atoms. The van der Waals surface area contributed by atoms with E-state index in [4.69, 9.17) is 14.7 Å². The van der Waals surface area contributed by atoms with Crippen LogP contribution in [0.4, 0.5) is 0 Å². The van der Waals surface area contributed by atoms with Crippen LogP contribution in [0, 0.1) is 0 Å². The van der Waals surface area contributed by atoms with Crippen molar-refractivity contribution in [3.8, 4) is 78.8 Å². The van der Waals surface area contributed by atoms with E-state index in [2.05, 4.69) is 169 Å². The Hall–Kier alpha value is -7.95. The molecule has 10 aromatic rings. The molecule has 0 N–H and O–H groups in total. The molecule has 0 saturated heterocycles. The Morgan fingerprint density at radius 2 is 0.867 bits per heavy atom. The van der Waals surface area contributed by atoms with Crippen LogP contribution in [-0.2, 0) is 5.41 Å². The molecule has 1 aliphatic carbocycles. The molecule has 1 spiro atoms. The molecule has 2 aromatic heterocycles. The van der Waals surface area contributed by atoms with Crippen LogP contribution in [0.5, 0.6) is 11.5 Å². The number of ether oxygens (including phenoxy) is 1. The van der Waals surface area contributed by atoms with Crippen LogP contribution < -0.4 is 4.74 Å². The highest BCUT2D eigenvalue weighted by Crippen LogP contribution is 2.64. The van der Waals surface area contributed by atoms with Crippen LogP contribution >= 0.6 is 0 Å². The number of rotatable bonds is 5. The normalized spacial score (nSPS) is 12.9. The summed E-state index contributed by atoms with van der Waals surface area (Å²) in [4.78, 5) is 14.7. The van der Waals surface area contributed by atoms with Gasteiger partial charge in [-0.05, 0) is 50.9 Å². The van der Waals surface area contributed by atoms with E-state index >= 15 is 0 Å². The zero-order valence-electron chi connectivity index (χ0n) is 32.5. The maximum Gasteiger partial charge on any atom is 0.160 e. The molecular weight excluding hydrogens is 731 g/mol. The van der Waals surface area contributed by atoms with Crippen molar-refractivity contribution in [2.75, 3.05) is 0 Å². The van der Waals surface area contributed by atoms with E-state index in [1.165, 1.54) is 22.3 Å². The molecule has 12 rings (SSSR count). The summed E-state index contributed by atoms with van der Waals surface area (Å²) >= 11 is 0. The summed E-state index contributed by atoms with van der Waals surface area (Å²) in [5.41, 5.74) is 15.6. The van der Waals surface area contributed by atoms with Crippen molar-refractivity contribution in [3.05, 3.63) is 235 Å². The van der Waals surface area contributed by atoms with Crippen molar-refractivity contribution < 1.29 is 4.74 Å². The highest BCUT2D eigenvalue weighted by molar-refractivity contribution is 5.99. The summed E-state index contributed by atoms with van der Waals surface area (Å²) in [6.45, 7) is 0. The van der Waals surface area contributed by atoms with Gasteiger partial charge in [0.2, 0.25) is 0 Å². The van der Waals surface area contributed by atoms with Crippen molar-refractivity contribution in [2.45, 2.75) is 5.41 Å². The Morgan fingerprint density at radius 1 is 0.367 bits per heavy atom. The minimum absolute atomic E-state index is 0.618. The number of hydrogen-bond donors (Lipinski definition) is 0. The van der Waals surface area contributed by atoms with Gasteiger partial charge in [0.05, 0.1) is 16.8 Å². The van der Waals surface area contributed by atoms with Gasteiger partial charge in [-0.2, -0.15) is 0 Å². The largest absolute Gasteiger partial charge is 0.455 e. The molecule has 0 saturated carbocycles. The molecule has 0 unspecified atom stereocenters. The minimum atomic E-state index is -0.618. The van der Waals surface area contributed by atoms with Gasteiger partial charge in [-0.3, -0.25) is 4.98 Å². The molecule has 4 heteroatoms. The molecule has 0 atom stereocenters. The molecule has 4 nitrogen and oxygen atoms in total. The predicted octanol–water partition coefficient (Wildman–Crippen LogP) is 13.8. The lowest BCUT2D eigenvalue weighted by molar-refractivity contribution is 0.440. The number of nitrogens with zero attached hydrogens (tertiary/aromatic N) is 3. The maximum atomic E-state index is 7.42. The van der Waals surface area contributed by atoms with E-state index in [9.17, 15) is 0 Å². The van der Waals surface area contributed by atoms with Crippen LogP contribution in [-0.4, -0.2) is 15.0 Å². The fraction of sp³-hybridized carbons (Fsp3) is 0.0179. The quantitative estimate of drug-likeness (QED) is 0.175. The van der Waals surface area contributed by atoms with Gasteiger partial charge < -0.3 is 4.74 Å². The Kier molecular flexibility index (Phi) is 7.72. The summed E-state index contributed by atoms with van der Waals surface area (Å²) in [5.74, 6) is 2.41. The average molecular weight is 766 g/mol. The van der Waals surface area contributed by atoms with Gasteiger partial charge in [0, 0.05) is 56.7 Å². The highest BCUT2D eigenvalue weighted by Gasteiger charge is 2.52. The first-order valence-corrected chi connectivity index (χ1v) is 20.3. The third-order valence-electron chi connectivity index (χ3n) is 12.3. The van der Waals surface area contributed by atoms with Crippen LogP contribution in [0.25, 0.3) is 78.1 Å². The van der Waals surface area contributed by atoms with Crippen LogP contribution in [0.3, 0.4) is 0 Å². The maximum absolute atomic E-state index is 7.42. The third kappa shape index (κ3) is 5.14. The first kappa shape index (κ1) is 34.1. The van der Waals surface area contributed by atoms with Crippen molar-refractivity contribution in [2.24, 2.45) is 0 Å². The average Bonchev–Trinajstić information content (AvgIpc) is 3.62. The number of fused-ring (bicyclic) bond motifs is 10. The Labute approximate surface area is 348 Å². The van der Waals surface area contributed by atoms with Gasteiger partial charge in [0.1, 0.15) is 11.5 Å². The lowest BCUT2D eigenvalue weighted by atomic mass is 9.65. The summed E-state index contributed by atoms with van der Waals surface area (Å²) < 4.78 is 7.42. The molecule has 0 amide bonds. The van der Waals surface area contributed by atoms with Gasteiger partial charge in [-0.1, -0.05) is 188 Å². The zero-order valence-corrected chi connectivity index (χ0v) is 32.5. The third-order valence-corrected chi connectivity index (χ3v) is 12.3. The van der Waals surface area contributed by atoms with E-state index < -0.39 is 5.41 Å². The molecule has 8 aromatic carbocycles. The van der Waals surface area contributed by atoms with Gasteiger partial charge in [0.25, 0.3) is 0 Å². The van der Waals surface area contributed by atoms with Gasteiger partial charge >= 0.3 is 0 Å². The number of para-hydroxylation sites is 2. The summed E-state index contributed by atoms with van der Waals surface area (Å²) in [7, 11) is 0. The van der Waals surface area contributed by atoms with Crippen molar-refractivity contribution in [3.63, 3.8) is 0 Å². The lowest BCUT2D eigenvalue weighted by Crippen LogP contribution is -2.32. The smallest absolute Gasteiger partial charge is 0.160 e. The summed E-state index contributed by atoms with van der Waals surface area (Å²) in [6.07, 6.45) is 3.82. The predicted molar refractivity (Wildman–Crippen MR) is 242 cm³/mol. The summed E-state index contributed by atoms with van der Waals surface area (Å²) in [5, 5.41) is 2.22. The van der Waals surface area contributed by atoms with E-state index in [0.717, 1.165) is 83.7 Å². The SMILES string of the molecule is c1ccc(-c2cc(-c3ccc(-c4cccc5c4Oc4c(-c6cccc7ccncc67)cccc4C54c5ccccc5-c5ccccc54)cc3)nc(-c3ccccc3)n2)cc1. The van der Waals surface area contributed by atoms with Crippen LogP contribution in [0.15, 0.2) is 213 Å². The Bertz CT molecular complexity index is 3180. The molecule has 1 aliphatic heterocycles. The number of pyridine rings is 1. The van der Waals surface area contributed by atoms with Crippen molar-refractivity contribution in [1.82, 2.24) is 15.0 Å². The van der Waals surface area contributed by atoms with E-state index in [1.54, 1.807) is 0 Å². The highest BCUT2D eigenvalue weighted by atomic mass is 16.5. The minimum Gasteiger partial charge on any atom is -0.455 e. The van der Waals surface area contributed by atoms with Crippen molar-refractivity contribution in [1.29, 1.82) is 0 Å². The molecule has 280 valence electrons. The van der Waals surface area contributed by atoms with Crippen LogP contribution in [0.2, 0.25) is 0 Å². The topological polar surface area (TPSA) is 47.9 Å². The zero-order chi connectivity index (χ0) is 39.6. The molecule has 0 fully saturated rings. The molecule has 2 aliphatic rings. The lowest BCUT2D eigenvalue weighted by Gasteiger charge is -2.41. The van der Waals surface area contributed by atoms with E-state index in [1.807, 2.05) is 48.8 Å². The number of hydrogen-bond acceptors (Lipinski definition) is 4. The second kappa shape index (κ2) is 13.6. The first-order chi connectivity index (χ1) is 29.8. The summed E-state index contributed by atoms with van der Waals surface area (Å²) in [6, 6.07) is 70.9. The Balaban J connectivity index is 1.06. The van der Waals surface area contributed by atoms with E-state index in [-0.39, 0.29) is 0 Å². The fourth-order valence-electron chi connectivity index (χ4n) is 9.62. The van der Waals surface area contributed by atoms with Gasteiger partial charge in [0.15, 0.2) is 5.82 Å². The molecular formula is C56H35N3O. The van der Waals surface area contributed by atoms with Gasteiger partial charge in [-0.15, -0.1) is 0 Å². The van der Waals surface area contributed by atoms with Crippen molar-refractivity contribution >= 4 is 10.8 Å². The molecule has 3 heterocycles. The number of aromatic nitrogens is 3. The standard InChI is InChI=1S/C56H35N3O/c1-3-14-38(15-4-1)51-34-52(59-55(58-51)40-16-5-2-6-17-40)39-30-28-37(29-31-39)41-21-12-26-49-53(41)60-54-45(42-22-11-18-36-32-33-57-35-46(36)42)23-13-27-50(54)56(49)47-24-9-7-19-43(47)44-20-8-10-25-48(44)56/h1-35H. The Morgan fingerprint density at radius 3 is 1.55 bits per heavy atom. The second-order valence-corrected chi connectivity index (χ2v) is 15.5. The molecule has 0 bridgehead atoms. The van der Waals surface area contributed by atoms with Gasteiger partial charge in [-0.25, -0.2) is 9.97 Å². The van der Waals surface area contributed by atoms with E-state index in [0.29, 0.717) is 5.82 Å².